The van der Waals surface area contributed by atoms with Crippen LogP contribution < -0.4 is 5.32 Å². The maximum absolute atomic E-state index is 12.4. The van der Waals surface area contributed by atoms with Crippen LogP contribution in [-0.4, -0.2) is 20.4 Å². The molecular weight excluding hydrogens is 352 g/mol. The fraction of sp³-hybridized carbons (Fsp3) is 0.105. The van der Waals surface area contributed by atoms with Crippen LogP contribution in [0.25, 0.3) is 16.9 Å². The van der Waals surface area contributed by atoms with Crippen molar-refractivity contribution in [3.05, 3.63) is 76.9 Å². The number of halogens is 1. The van der Waals surface area contributed by atoms with Crippen LogP contribution in [0.4, 0.5) is 0 Å². The van der Waals surface area contributed by atoms with Crippen molar-refractivity contribution in [1.29, 1.82) is 0 Å². The fourth-order valence-electron chi connectivity index (χ4n) is 2.71. The van der Waals surface area contributed by atoms with Crippen LogP contribution in [-0.2, 0) is 6.54 Å². The molecule has 0 aliphatic rings. The van der Waals surface area contributed by atoms with E-state index in [4.69, 9.17) is 16.1 Å². The van der Waals surface area contributed by atoms with Crippen molar-refractivity contribution in [1.82, 2.24) is 19.9 Å². The van der Waals surface area contributed by atoms with E-state index in [-0.39, 0.29) is 12.5 Å². The van der Waals surface area contributed by atoms with Crippen molar-refractivity contribution in [2.45, 2.75) is 13.5 Å². The molecule has 0 unspecified atom stereocenters. The molecule has 4 rings (SSSR count). The number of hydrogen-bond acceptors (Lipinski definition) is 4. The zero-order valence-electron chi connectivity index (χ0n) is 13.9. The van der Waals surface area contributed by atoms with Gasteiger partial charge in [0, 0.05) is 24.0 Å². The summed E-state index contributed by atoms with van der Waals surface area (Å²) >= 11 is 6.17. The highest BCUT2D eigenvalue weighted by molar-refractivity contribution is 6.33. The van der Waals surface area contributed by atoms with E-state index in [1.807, 2.05) is 41.8 Å². The molecule has 0 atom stereocenters. The summed E-state index contributed by atoms with van der Waals surface area (Å²) in [6.45, 7) is 2.14. The molecule has 3 aromatic heterocycles. The second-order valence-electron chi connectivity index (χ2n) is 5.91. The molecule has 0 aliphatic heterocycles. The number of pyridine rings is 1. The topological polar surface area (TPSA) is 72.4 Å². The third-order valence-electron chi connectivity index (χ3n) is 3.97. The zero-order chi connectivity index (χ0) is 18.1. The summed E-state index contributed by atoms with van der Waals surface area (Å²) in [5.41, 5.74) is 3.67. The summed E-state index contributed by atoms with van der Waals surface area (Å²) < 4.78 is 7.12. The third-order valence-corrected chi connectivity index (χ3v) is 4.30. The van der Waals surface area contributed by atoms with Crippen molar-refractivity contribution in [2.24, 2.45) is 0 Å². The van der Waals surface area contributed by atoms with Crippen LogP contribution in [0, 0.1) is 6.92 Å². The fourth-order valence-corrected chi connectivity index (χ4v) is 2.95. The molecule has 26 heavy (non-hydrogen) atoms. The van der Waals surface area contributed by atoms with E-state index in [9.17, 15) is 4.79 Å². The van der Waals surface area contributed by atoms with Crippen molar-refractivity contribution >= 4 is 23.2 Å². The molecule has 6 nitrogen and oxygen atoms in total. The van der Waals surface area contributed by atoms with Gasteiger partial charge in [0.1, 0.15) is 11.3 Å². The van der Waals surface area contributed by atoms with Crippen molar-refractivity contribution in [2.75, 3.05) is 0 Å². The first-order chi connectivity index (χ1) is 12.6. The third kappa shape index (κ3) is 3.19. The van der Waals surface area contributed by atoms with E-state index in [1.165, 1.54) is 0 Å². The Kier molecular flexibility index (Phi) is 4.18. The summed E-state index contributed by atoms with van der Waals surface area (Å²) in [6.07, 6.45) is 3.62. The van der Waals surface area contributed by atoms with Gasteiger partial charge in [-0.2, -0.15) is 0 Å². The van der Waals surface area contributed by atoms with Gasteiger partial charge in [-0.15, -0.1) is 0 Å². The van der Waals surface area contributed by atoms with Gasteiger partial charge in [-0.05, 0) is 25.1 Å². The highest BCUT2D eigenvalue weighted by atomic mass is 35.5. The molecule has 1 amide bonds. The van der Waals surface area contributed by atoms with Crippen LogP contribution in [0.2, 0.25) is 5.02 Å². The number of carbonyl (C=O) groups is 1. The van der Waals surface area contributed by atoms with Gasteiger partial charge in [0.15, 0.2) is 5.76 Å². The van der Waals surface area contributed by atoms with E-state index in [0.29, 0.717) is 22.0 Å². The van der Waals surface area contributed by atoms with Gasteiger partial charge in [0.2, 0.25) is 0 Å². The number of benzene rings is 1. The Bertz CT molecular complexity index is 1100. The number of fused-ring (bicyclic) bond motifs is 1. The minimum absolute atomic E-state index is 0.200. The largest absolute Gasteiger partial charge is 0.359 e. The van der Waals surface area contributed by atoms with Gasteiger partial charge < -0.3 is 14.2 Å². The minimum Gasteiger partial charge on any atom is -0.359 e. The lowest BCUT2D eigenvalue weighted by molar-refractivity contribution is 0.0946. The van der Waals surface area contributed by atoms with Gasteiger partial charge in [0.25, 0.3) is 5.91 Å². The van der Waals surface area contributed by atoms with Gasteiger partial charge in [-0.1, -0.05) is 35.0 Å². The lowest BCUT2D eigenvalue weighted by Gasteiger charge is -2.03. The van der Waals surface area contributed by atoms with E-state index in [2.05, 4.69) is 15.5 Å². The monoisotopic (exact) mass is 366 g/mol. The van der Waals surface area contributed by atoms with Crippen LogP contribution in [0.3, 0.4) is 0 Å². The number of carbonyl (C=O) groups excluding carboxylic acids is 1. The summed E-state index contributed by atoms with van der Waals surface area (Å²) in [5, 5.41) is 7.44. The molecule has 0 radical (unpaired) electrons. The van der Waals surface area contributed by atoms with E-state index < -0.39 is 0 Å². The number of imidazole rings is 1. The first-order valence-electron chi connectivity index (χ1n) is 8.04. The Balaban J connectivity index is 1.46. The number of rotatable bonds is 4. The number of aromatic nitrogens is 3. The lowest BCUT2D eigenvalue weighted by atomic mass is 10.1. The van der Waals surface area contributed by atoms with E-state index in [0.717, 1.165) is 16.9 Å². The standard InChI is InChI=1S/C19H15ClN4O2/c1-12-10-24-11-13(6-7-18(24)22-12)19(25)21-9-14-8-17(23-26-14)15-4-2-3-5-16(15)20/h2-8,10-11H,9H2,1H3,(H,21,25). The molecular formula is C19H15ClN4O2. The molecule has 0 fully saturated rings. The lowest BCUT2D eigenvalue weighted by Crippen LogP contribution is -2.22. The minimum atomic E-state index is -0.200. The molecule has 0 saturated carbocycles. The number of nitrogens with zero attached hydrogens (tertiary/aromatic N) is 3. The normalized spacial score (nSPS) is 11.0. The summed E-state index contributed by atoms with van der Waals surface area (Å²) in [6, 6.07) is 12.7. The van der Waals surface area contributed by atoms with Gasteiger partial charge in [0.05, 0.1) is 22.8 Å². The quantitative estimate of drug-likeness (QED) is 0.595. The maximum Gasteiger partial charge on any atom is 0.253 e. The molecule has 3 heterocycles. The molecule has 0 spiro atoms. The highest BCUT2D eigenvalue weighted by Crippen LogP contribution is 2.26. The Morgan fingerprint density at radius 2 is 2.08 bits per heavy atom. The smallest absolute Gasteiger partial charge is 0.253 e. The summed E-state index contributed by atoms with van der Waals surface area (Å²) in [4.78, 5) is 16.7. The SMILES string of the molecule is Cc1cn2cc(C(=O)NCc3cc(-c4ccccc4Cl)no3)ccc2n1. The van der Waals surface area contributed by atoms with E-state index in [1.54, 1.807) is 24.4 Å². The molecule has 7 heteroatoms. The Hall–Kier alpha value is -3.12. The van der Waals surface area contributed by atoms with Crippen LogP contribution in [0.1, 0.15) is 21.8 Å². The average molecular weight is 367 g/mol. The van der Waals surface area contributed by atoms with Crippen molar-refractivity contribution in [3.8, 4) is 11.3 Å². The first-order valence-corrected chi connectivity index (χ1v) is 8.42. The predicted molar refractivity (Wildman–Crippen MR) is 98.0 cm³/mol. The van der Waals surface area contributed by atoms with Gasteiger partial charge in [-0.25, -0.2) is 4.98 Å². The molecule has 1 aromatic carbocycles. The molecule has 0 saturated heterocycles. The van der Waals surface area contributed by atoms with Crippen LogP contribution >= 0.6 is 11.6 Å². The number of nitrogens with one attached hydrogen (secondary N) is 1. The second-order valence-corrected chi connectivity index (χ2v) is 6.31. The maximum atomic E-state index is 12.4. The molecule has 4 aromatic rings. The molecule has 130 valence electrons. The Labute approximate surface area is 154 Å². The highest BCUT2D eigenvalue weighted by Gasteiger charge is 2.12. The molecule has 0 aliphatic carbocycles. The Morgan fingerprint density at radius 3 is 2.92 bits per heavy atom. The second kappa shape index (κ2) is 6.65. The van der Waals surface area contributed by atoms with Crippen LogP contribution in [0.15, 0.2) is 59.4 Å². The van der Waals surface area contributed by atoms with Crippen molar-refractivity contribution in [3.63, 3.8) is 0 Å². The Morgan fingerprint density at radius 1 is 1.23 bits per heavy atom. The molecule has 1 N–H and O–H groups in total. The van der Waals surface area contributed by atoms with E-state index >= 15 is 0 Å². The molecule has 0 bridgehead atoms. The van der Waals surface area contributed by atoms with Gasteiger partial charge in [-0.3, -0.25) is 4.79 Å². The summed E-state index contributed by atoms with van der Waals surface area (Å²) in [5.74, 6) is 0.349. The summed E-state index contributed by atoms with van der Waals surface area (Å²) in [7, 11) is 0. The predicted octanol–water partition coefficient (Wildman–Crippen LogP) is 3.88. The zero-order valence-corrected chi connectivity index (χ0v) is 14.7. The number of amides is 1. The van der Waals surface area contributed by atoms with Crippen molar-refractivity contribution < 1.29 is 9.32 Å². The number of hydrogen-bond donors (Lipinski definition) is 1. The average Bonchev–Trinajstić information content (AvgIpc) is 3.24. The van der Waals surface area contributed by atoms with Gasteiger partial charge >= 0.3 is 0 Å². The van der Waals surface area contributed by atoms with Crippen LogP contribution in [0.5, 0.6) is 0 Å². The number of aryl methyl sites for hydroxylation is 1. The first kappa shape index (κ1) is 16.4.